The molecule has 2 fully saturated rings. The highest BCUT2D eigenvalue weighted by Crippen LogP contribution is 2.27. The van der Waals surface area contributed by atoms with E-state index in [1.165, 1.54) is 49.7 Å². The van der Waals surface area contributed by atoms with Crippen molar-refractivity contribution in [1.82, 2.24) is 19.6 Å². The molecule has 4 rings (SSSR count). The van der Waals surface area contributed by atoms with Crippen LogP contribution in [0.4, 0.5) is 0 Å². The molecule has 5 heteroatoms. The first kappa shape index (κ1) is 22.1. The topological polar surface area (TPSA) is 41.4 Å². The number of hydrogen-bond donors (Lipinski definition) is 0. The standard InChI is InChI=1S/C26H38N4O/c1-21-7-3-4-8-24(21)14-17-28-15-12-23(13-16-28)19-30(25-9-5-6-10-25)26(31)20-29-18-11-22(2)27-29/h3-4,7-8,11,18,23,25H,5-6,9-10,12-17,19-20H2,1-2H3. The molecule has 2 aliphatic rings. The molecule has 0 atom stereocenters. The molecule has 1 amide bonds. The van der Waals surface area contributed by atoms with Crippen molar-refractivity contribution in [3.63, 3.8) is 0 Å². The van der Waals surface area contributed by atoms with Crippen LogP contribution < -0.4 is 0 Å². The molecule has 31 heavy (non-hydrogen) atoms. The zero-order valence-corrected chi connectivity index (χ0v) is 19.3. The zero-order chi connectivity index (χ0) is 21.6. The van der Waals surface area contributed by atoms with E-state index in [-0.39, 0.29) is 5.91 Å². The molecule has 0 spiro atoms. The lowest BCUT2D eigenvalue weighted by Gasteiger charge is -2.37. The third-order valence-corrected chi connectivity index (χ3v) is 7.28. The van der Waals surface area contributed by atoms with Crippen LogP contribution in [0.5, 0.6) is 0 Å². The van der Waals surface area contributed by atoms with Crippen molar-refractivity contribution in [1.29, 1.82) is 0 Å². The Bertz CT molecular complexity index is 847. The molecular weight excluding hydrogens is 384 g/mol. The highest BCUT2D eigenvalue weighted by Gasteiger charge is 2.30. The van der Waals surface area contributed by atoms with Crippen molar-refractivity contribution < 1.29 is 4.79 Å². The van der Waals surface area contributed by atoms with Crippen LogP contribution in [-0.2, 0) is 17.8 Å². The predicted molar refractivity (Wildman–Crippen MR) is 125 cm³/mol. The molecule has 1 saturated carbocycles. The second kappa shape index (κ2) is 10.4. The zero-order valence-electron chi connectivity index (χ0n) is 19.3. The van der Waals surface area contributed by atoms with Gasteiger partial charge in [0.1, 0.15) is 6.54 Å². The van der Waals surface area contributed by atoms with Crippen LogP contribution in [-0.4, -0.2) is 57.7 Å². The molecule has 1 aliphatic heterocycles. The van der Waals surface area contributed by atoms with Gasteiger partial charge < -0.3 is 9.80 Å². The van der Waals surface area contributed by atoms with E-state index in [0.717, 1.165) is 38.3 Å². The summed E-state index contributed by atoms with van der Waals surface area (Å²) in [6.07, 6.45) is 10.3. The van der Waals surface area contributed by atoms with E-state index in [1.807, 2.05) is 19.2 Å². The molecular formula is C26H38N4O. The van der Waals surface area contributed by atoms with E-state index >= 15 is 0 Å². The van der Waals surface area contributed by atoms with Crippen molar-refractivity contribution in [2.45, 2.75) is 71.4 Å². The van der Waals surface area contributed by atoms with Crippen LogP contribution in [0.25, 0.3) is 0 Å². The summed E-state index contributed by atoms with van der Waals surface area (Å²) in [5.41, 5.74) is 3.84. The lowest BCUT2D eigenvalue weighted by atomic mass is 9.94. The number of nitrogens with zero attached hydrogens (tertiary/aromatic N) is 4. The maximum Gasteiger partial charge on any atom is 0.244 e. The molecule has 1 aromatic carbocycles. The Labute approximate surface area is 187 Å². The third-order valence-electron chi connectivity index (χ3n) is 7.28. The summed E-state index contributed by atoms with van der Waals surface area (Å²) < 4.78 is 1.80. The highest BCUT2D eigenvalue weighted by atomic mass is 16.2. The fraction of sp³-hybridized carbons (Fsp3) is 0.615. The van der Waals surface area contributed by atoms with Crippen LogP contribution in [0.15, 0.2) is 36.5 Å². The molecule has 5 nitrogen and oxygen atoms in total. The smallest absolute Gasteiger partial charge is 0.244 e. The van der Waals surface area contributed by atoms with Gasteiger partial charge in [0.05, 0.1) is 5.69 Å². The second-order valence-electron chi connectivity index (χ2n) is 9.60. The molecule has 2 aromatic rings. The highest BCUT2D eigenvalue weighted by molar-refractivity contribution is 5.76. The summed E-state index contributed by atoms with van der Waals surface area (Å²) in [5, 5.41) is 4.43. The number of benzene rings is 1. The minimum absolute atomic E-state index is 0.247. The summed E-state index contributed by atoms with van der Waals surface area (Å²) >= 11 is 0. The minimum Gasteiger partial charge on any atom is -0.338 e. The van der Waals surface area contributed by atoms with Gasteiger partial charge in [-0.15, -0.1) is 0 Å². The number of carbonyl (C=O) groups excluding carboxylic acids is 1. The number of hydrogen-bond acceptors (Lipinski definition) is 3. The first-order valence-electron chi connectivity index (χ1n) is 12.1. The van der Waals surface area contributed by atoms with Crippen LogP contribution in [0, 0.1) is 19.8 Å². The van der Waals surface area contributed by atoms with Crippen LogP contribution in [0.1, 0.15) is 55.3 Å². The lowest BCUT2D eigenvalue weighted by molar-refractivity contribution is -0.135. The Morgan fingerprint density at radius 2 is 1.81 bits per heavy atom. The molecule has 0 unspecified atom stereocenters. The molecule has 0 radical (unpaired) electrons. The van der Waals surface area contributed by atoms with E-state index in [0.29, 0.717) is 18.5 Å². The van der Waals surface area contributed by atoms with Gasteiger partial charge in [0.2, 0.25) is 5.91 Å². The Morgan fingerprint density at radius 1 is 1.06 bits per heavy atom. The van der Waals surface area contributed by atoms with Crippen molar-refractivity contribution in [3.05, 3.63) is 53.3 Å². The van der Waals surface area contributed by atoms with E-state index in [4.69, 9.17) is 0 Å². The minimum atomic E-state index is 0.247. The van der Waals surface area contributed by atoms with E-state index < -0.39 is 0 Å². The molecule has 168 valence electrons. The number of aryl methyl sites for hydroxylation is 2. The van der Waals surface area contributed by atoms with Crippen molar-refractivity contribution in [2.24, 2.45) is 5.92 Å². The van der Waals surface area contributed by atoms with Gasteiger partial charge in [0.15, 0.2) is 0 Å². The molecule has 1 aliphatic carbocycles. The quantitative estimate of drug-likeness (QED) is 0.639. The van der Waals surface area contributed by atoms with Crippen LogP contribution in [0.3, 0.4) is 0 Å². The number of amides is 1. The summed E-state index contributed by atoms with van der Waals surface area (Å²) in [6, 6.07) is 11.1. The maximum absolute atomic E-state index is 13.2. The predicted octanol–water partition coefficient (Wildman–Crippen LogP) is 4.23. The van der Waals surface area contributed by atoms with Crippen LogP contribution in [0.2, 0.25) is 0 Å². The van der Waals surface area contributed by atoms with Gasteiger partial charge in [-0.05, 0) is 82.2 Å². The number of rotatable bonds is 8. The first-order chi connectivity index (χ1) is 15.1. The summed E-state index contributed by atoms with van der Waals surface area (Å²) in [5.74, 6) is 0.871. The Balaban J connectivity index is 1.28. The van der Waals surface area contributed by atoms with Gasteiger partial charge in [0.25, 0.3) is 0 Å². The molecule has 0 N–H and O–H groups in total. The summed E-state index contributed by atoms with van der Waals surface area (Å²) in [7, 11) is 0. The van der Waals surface area contributed by atoms with Gasteiger partial charge in [-0.1, -0.05) is 37.1 Å². The SMILES string of the molecule is Cc1ccn(CC(=O)N(CC2CCN(CCc3ccccc3C)CC2)C2CCCC2)n1. The Hall–Kier alpha value is -2.14. The fourth-order valence-electron chi connectivity index (χ4n) is 5.29. The van der Waals surface area contributed by atoms with E-state index in [2.05, 4.69) is 46.1 Å². The second-order valence-corrected chi connectivity index (χ2v) is 9.60. The van der Waals surface area contributed by atoms with Gasteiger partial charge in [-0.2, -0.15) is 5.10 Å². The number of carbonyl (C=O) groups is 1. The average Bonchev–Trinajstić information content (AvgIpc) is 3.44. The van der Waals surface area contributed by atoms with Crippen molar-refractivity contribution in [3.8, 4) is 0 Å². The van der Waals surface area contributed by atoms with Crippen molar-refractivity contribution in [2.75, 3.05) is 26.2 Å². The number of piperidine rings is 1. The first-order valence-corrected chi connectivity index (χ1v) is 12.1. The lowest BCUT2D eigenvalue weighted by Crippen LogP contribution is -2.46. The monoisotopic (exact) mass is 422 g/mol. The fourth-order valence-corrected chi connectivity index (χ4v) is 5.29. The maximum atomic E-state index is 13.2. The van der Waals surface area contributed by atoms with E-state index in [9.17, 15) is 4.79 Å². The van der Waals surface area contributed by atoms with Gasteiger partial charge in [0, 0.05) is 25.3 Å². The van der Waals surface area contributed by atoms with E-state index in [1.54, 1.807) is 4.68 Å². The molecule has 1 saturated heterocycles. The Morgan fingerprint density at radius 3 is 2.48 bits per heavy atom. The van der Waals surface area contributed by atoms with Crippen molar-refractivity contribution >= 4 is 5.91 Å². The number of likely N-dealkylation sites (tertiary alicyclic amines) is 1. The van der Waals surface area contributed by atoms with Gasteiger partial charge in [-0.3, -0.25) is 9.48 Å². The molecule has 2 heterocycles. The molecule has 0 bridgehead atoms. The number of aromatic nitrogens is 2. The largest absolute Gasteiger partial charge is 0.338 e. The normalized spacial score (nSPS) is 18.5. The summed E-state index contributed by atoms with van der Waals surface area (Å²) in [6.45, 7) is 8.93. The van der Waals surface area contributed by atoms with Gasteiger partial charge in [-0.25, -0.2) is 0 Å². The third kappa shape index (κ3) is 5.97. The Kier molecular flexibility index (Phi) is 7.44. The summed E-state index contributed by atoms with van der Waals surface area (Å²) in [4.78, 5) is 18.0. The molecule has 1 aromatic heterocycles. The van der Waals surface area contributed by atoms with Gasteiger partial charge >= 0.3 is 0 Å². The van der Waals surface area contributed by atoms with Crippen LogP contribution >= 0.6 is 0 Å². The average molecular weight is 423 g/mol.